The maximum absolute atomic E-state index is 11.0. The summed E-state index contributed by atoms with van der Waals surface area (Å²) in [7, 11) is 0. The van der Waals surface area contributed by atoms with Gasteiger partial charge in [0.15, 0.2) is 0 Å². The molecule has 0 aliphatic rings. The highest BCUT2D eigenvalue weighted by Gasteiger charge is 2.24. The average Bonchev–Trinajstić information content (AvgIpc) is 2.35. The molecule has 0 bridgehead atoms. The molecule has 1 unspecified atom stereocenters. The fourth-order valence-corrected chi connectivity index (χ4v) is 1.70. The molecule has 4 N–H and O–H groups in total. The van der Waals surface area contributed by atoms with Gasteiger partial charge in [0, 0.05) is 0 Å². The van der Waals surface area contributed by atoms with Crippen LogP contribution in [-0.2, 0) is 4.79 Å². The van der Waals surface area contributed by atoms with Crippen LogP contribution in [0.2, 0.25) is 0 Å². The Morgan fingerprint density at radius 3 is 2.37 bits per heavy atom. The second kappa shape index (κ2) is 6.57. The van der Waals surface area contributed by atoms with Crippen molar-refractivity contribution in [1.29, 1.82) is 0 Å². The van der Waals surface area contributed by atoms with Crippen LogP contribution in [0.25, 0.3) is 0 Å². The molecule has 19 heavy (non-hydrogen) atoms. The molecule has 1 atom stereocenters. The number of rotatable bonds is 7. The largest absolute Gasteiger partial charge is 0.494 e. The van der Waals surface area contributed by atoms with Gasteiger partial charge >= 0.3 is 0 Å². The van der Waals surface area contributed by atoms with Crippen molar-refractivity contribution in [2.45, 2.75) is 45.1 Å². The molecule has 1 aromatic carbocycles. The van der Waals surface area contributed by atoms with E-state index in [2.05, 4.69) is 26.0 Å². The lowest BCUT2D eigenvalue weighted by Crippen LogP contribution is -2.49. The second-order valence-corrected chi connectivity index (χ2v) is 5.46. The molecule has 0 aromatic heterocycles. The van der Waals surface area contributed by atoms with E-state index >= 15 is 0 Å². The zero-order chi connectivity index (χ0) is 14.5. The molecule has 1 aromatic rings. The van der Waals surface area contributed by atoms with Gasteiger partial charge in [-0.2, -0.15) is 0 Å². The molecular formula is C15H24N2O2. The normalized spacial score (nSPS) is 14.2. The molecule has 4 heteroatoms. The minimum absolute atomic E-state index is 0.478. The molecule has 0 saturated carbocycles. The number of hydrogen-bond acceptors (Lipinski definition) is 3. The van der Waals surface area contributed by atoms with Gasteiger partial charge in [0.25, 0.3) is 0 Å². The molecule has 106 valence electrons. The fraction of sp³-hybridized carbons (Fsp3) is 0.533. The number of benzene rings is 1. The van der Waals surface area contributed by atoms with Crippen molar-refractivity contribution in [3.63, 3.8) is 0 Å². The van der Waals surface area contributed by atoms with Crippen LogP contribution in [0.1, 0.15) is 45.1 Å². The first-order chi connectivity index (χ1) is 8.83. The lowest BCUT2D eigenvalue weighted by Gasteiger charge is -2.20. The van der Waals surface area contributed by atoms with Crippen LogP contribution in [0.4, 0.5) is 0 Å². The Labute approximate surface area is 115 Å². The Balaban J connectivity index is 2.36. The van der Waals surface area contributed by atoms with E-state index in [1.807, 2.05) is 12.1 Å². The van der Waals surface area contributed by atoms with E-state index in [4.69, 9.17) is 16.2 Å². The Kier molecular flexibility index (Phi) is 5.36. The maximum Gasteiger partial charge on any atom is 0.237 e. The van der Waals surface area contributed by atoms with Crippen molar-refractivity contribution >= 4 is 5.91 Å². The quantitative estimate of drug-likeness (QED) is 0.741. The summed E-state index contributed by atoms with van der Waals surface area (Å²) in [5, 5.41) is 0. The number of primary amides is 1. The molecular weight excluding hydrogens is 240 g/mol. The Bertz CT molecular complexity index is 411. The third-order valence-electron chi connectivity index (χ3n) is 3.22. The lowest BCUT2D eigenvalue weighted by molar-refractivity contribution is -0.122. The van der Waals surface area contributed by atoms with Crippen LogP contribution in [-0.4, -0.2) is 18.1 Å². The summed E-state index contributed by atoms with van der Waals surface area (Å²) in [6.07, 6.45) is 1.22. The van der Waals surface area contributed by atoms with Crippen LogP contribution < -0.4 is 16.2 Å². The van der Waals surface area contributed by atoms with Crippen molar-refractivity contribution in [1.82, 2.24) is 0 Å². The summed E-state index contributed by atoms with van der Waals surface area (Å²) < 4.78 is 5.61. The third kappa shape index (κ3) is 4.91. The highest BCUT2D eigenvalue weighted by Crippen LogP contribution is 2.19. The number of carbonyl (C=O) groups is 1. The minimum Gasteiger partial charge on any atom is -0.494 e. The summed E-state index contributed by atoms with van der Waals surface area (Å²) in [5.74, 6) is 0.874. The van der Waals surface area contributed by atoms with Crippen molar-refractivity contribution in [2.75, 3.05) is 6.61 Å². The summed E-state index contributed by atoms with van der Waals surface area (Å²) in [6, 6.07) is 8.06. The Morgan fingerprint density at radius 2 is 1.89 bits per heavy atom. The van der Waals surface area contributed by atoms with Gasteiger partial charge in [0.05, 0.1) is 12.1 Å². The van der Waals surface area contributed by atoms with Crippen LogP contribution in [0.5, 0.6) is 5.75 Å². The number of amides is 1. The number of hydrogen-bond donors (Lipinski definition) is 2. The Hall–Kier alpha value is -1.55. The van der Waals surface area contributed by atoms with Gasteiger partial charge in [-0.15, -0.1) is 0 Å². The molecule has 0 fully saturated rings. The molecule has 0 radical (unpaired) electrons. The van der Waals surface area contributed by atoms with Crippen molar-refractivity contribution in [3.05, 3.63) is 29.8 Å². The Morgan fingerprint density at radius 1 is 1.32 bits per heavy atom. The lowest BCUT2D eigenvalue weighted by atomic mass is 9.97. The first-order valence-electron chi connectivity index (χ1n) is 6.64. The van der Waals surface area contributed by atoms with Crippen LogP contribution in [0.15, 0.2) is 24.3 Å². The highest BCUT2D eigenvalue weighted by atomic mass is 16.5. The van der Waals surface area contributed by atoms with Crippen molar-refractivity contribution < 1.29 is 9.53 Å². The van der Waals surface area contributed by atoms with E-state index < -0.39 is 11.4 Å². The van der Waals surface area contributed by atoms with Gasteiger partial charge in [-0.3, -0.25) is 4.79 Å². The van der Waals surface area contributed by atoms with Gasteiger partial charge in [0.1, 0.15) is 5.75 Å². The van der Waals surface area contributed by atoms with E-state index in [1.165, 1.54) is 5.56 Å². The van der Waals surface area contributed by atoms with E-state index in [0.29, 0.717) is 25.4 Å². The van der Waals surface area contributed by atoms with E-state index in [-0.39, 0.29) is 0 Å². The molecule has 0 spiro atoms. The highest BCUT2D eigenvalue weighted by molar-refractivity contribution is 5.83. The van der Waals surface area contributed by atoms with E-state index in [1.54, 1.807) is 6.92 Å². The number of nitrogens with two attached hydrogens (primary N) is 2. The molecule has 0 aliphatic heterocycles. The summed E-state index contributed by atoms with van der Waals surface area (Å²) >= 11 is 0. The predicted molar refractivity (Wildman–Crippen MR) is 77.0 cm³/mol. The fourth-order valence-electron chi connectivity index (χ4n) is 1.70. The van der Waals surface area contributed by atoms with Crippen LogP contribution >= 0.6 is 0 Å². The van der Waals surface area contributed by atoms with E-state index in [0.717, 1.165) is 5.75 Å². The zero-order valence-electron chi connectivity index (χ0n) is 12.0. The molecule has 0 heterocycles. The molecule has 1 amide bonds. The first-order valence-corrected chi connectivity index (χ1v) is 6.64. The summed E-state index contributed by atoms with van der Waals surface area (Å²) in [5.41, 5.74) is 11.3. The number of ether oxygens (including phenoxy) is 1. The van der Waals surface area contributed by atoms with Gasteiger partial charge in [0.2, 0.25) is 5.91 Å². The van der Waals surface area contributed by atoms with Crippen molar-refractivity contribution in [2.24, 2.45) is 11.5 Å². The van der Waals surface area contributed by atoms with Gasteiger partial charge in [-0.1, -0.05) is 26.0 Å². The first kappa shape index (κ1) is 15.5. The van der Waals surface area contributed by atoms with Crippen LogP contribution in [0, 0.1) is 0 Å². The van der Waals surface area contributed by atoms with Gasteiger partial charge in [-0.25, -0.2) is 0 Å². The zero-order valence-corrected chi connectivity index (χ0v) is 12.0. The van der Waals surface area contributed by atoms with E-state index in [9.17, 15) is 4.79 Å². The monoisotopic (exact) mass is 264 g/mol. The molecule has 0 saturated heterocycles. The maximum atomic E-state index is 11.0. The van der Waals surface area contributed by atoms with Crippen molar-refractivity contribution in [3.8, 4) is 5.75 Å². The molecule has 4 nitrogen and oxygen atoms in total. The average molecular weight is 264 g/mol. The standard InChI is InChI=1S/C15H24N2O2/c1-11(2)12-5-7-13(8-6-12)19-10-4-9-15(3,17)14(16)18/h5-8,11H,4,9-10,17H2,1-3H3,(H2,16,18). The summed E-state index contributed by atoms with van der Waals surface area (Å²) in [4.78, 5) is 11.0. The minimum atomic E-state index is -0.954. The smallest absolute Gasteiger partial charge is 0.237 e. The molecule has 0 aliphatic carbocycles. The predicted octanol–water partition coefficient (Wildman–Crippen LogP) is 2.17. The van der Waals surface area contributed by atoms with Crippen LogP contribution in [0.3, 0.4) is 0 Å². The topological polar surface area (TPSA) is 78.3 Å². The molecule has 1 rings (SSSR count). The SMILES string of the molecule is CC(C)c1ccc(OCCCC(C)(N)C(N)=O)cc1. The third-order valence-corrected chi connectivity index (χ3v) is 3.22. The van der Waals surface area contributed by atoms with Gasteiger partial charge < -0.3 is 16.2 Å². The number of carbonyl (C=O) groups excluding carboxylic acids is 1. The van der Waals surface area contributed by atoms with Gasteiger partial charge in [-0.05, 0) is 43.4 Å². The second-order valence-electron chi connectivity index (χ2n) is 5.46. The summed E-state index contributed by atoms with van der Waals surface area (Å²) in [6.45, 7) is 6.48.